The highest BCUT2D eigenvalue weighted by Crippen LogP contribution is 2.35. The maximum Gasteiger partial charge on any atom is 0.0623 e. The summed E-state index contributed by atoms with van der Waals surface area (Å²) in [6.45, 7) is 0. The van der Waals surface area contributed by atoms with Crippen molar-refractivity contribution in [2.45, 2.75) is 6.40 Å². The molecule has 3 rings (SSSR count). The van der Waals surface area contributed by atoms with Gasteiger partial charge in [0.1, 0.15) is 0 Å². The normalized spacial score (nSPS) is 20.2. The Morgan fingerprint density at radius 1 is 0.923 bits per heavy atom. The summed E-state index contributed by atoms with van der Waals surface area (Å²) in [4.78, 5) is 0. The lowest BCUT2D eigenvalue weighted by atomic mass is 10.1. The second-order valence-corrected chi connectivity index (χ2v) is 3.24. The highest BCUT2D eigenvalue weighted by Gasteiger charge is 2.15. The Morgan fingerprint density at radius 3 is 2.54 bits per heavy atom. The second kappa shape index (κ2) is 2.46. The molecule has 0 saturated carbocycles. The molecule has 1 unspecified atom stereocenters. The molecule has 1 aliphatic rings. The molecule has 0 heterocycles. The molecule has 2 aromatic carbocycles. The van der Waals surface area contributed by atoms with Crippen molar-refractivity contribution in [3.05, 3.63) is 59.6 Å². The quantitative estimate of drug-likeness (QED) is 0.566. The third-order valence-corrected chi connectivity index (χ3v) is 2.46. The number of fused-ring (bicyclic) bond motifs is 3. The van der Waals surface area contributed by atoms with E-state index in [0.29, 0.717) is 6.04 Å². The van der Waals surface area contributed by atoms with Gasteiger partial charge in [0.2, 0.25) is 0 Å². The van der Waals surface area contributed by atoms with E-state index in [2.05, 4.69) is 0 Å². The molecule has 62 valence electrons. The van der Waals surface area contributed by atoms with Gasteiger partial charge in [-0.1, -0.05) is 48.5 Å². The molecule has 0 saturated heterocycles. The molecule has 0 N–H and O–H groups in total. The Morgan fingerprint density at radius 2 is 1.62 bits per heavy atom. The van der Waals surface area contributed by atoms with E-state index in [1.54, 1.807) is 6.07 Å². The molecule has 0 aliphatic heterocycles. The van der Waals surface area contributed by atoms with Gasteiger partial charge in [0.15, 0.2) is 0 Å². The summed E-state index contributed by atoms with van der Waals surface area (Å²) >= 11 is 0. The predicted molar refractivity (Wildman–Crippen MR) is 54.7 cm³/mol. The largest absolute Gasteiger partial charge is 0.0623 e. The van der Waals surface area contributed by atoms with E-state index in [1.165, 1.54) is 0 Å². The summed E-state index contributed by atoms with van der Waals surface area (Å²) < 4.78 is 15.7. The highest BCUT2D eigenvalue weighted by atomic mass is 14.2. The number of rotatable bonds is 0. The molecule has 13 heavy (non-hydrogen) atoms. The third kappa shape index (κ3) is 0.919. The molecule has 0 fully saturated rings. The zero-order valence-corrected chi connectivity index (χ0v) is 7.12. The van der Waals surface area contributed by atoms with Crippen molar-refractivity contribution in [1.82, 2.24) is 0 Å². The van der Waals surface area contributed by atoms with Crippen molar-refractivity contribution < 1.29 is 2.74 Å². The smallest absolute Gasteiger partial charge is 0.0619 e. The van der Waals surface area contributed by atoms with Gasteiger partial charge in [-0.25, -0.2) is 0 Å². The molecule has 1 aliphatic carbocycles. The van der Waals surface area contributed by atoms with Gasteiger partial charge in [-0.15, -0.1) is 0 Å². The number of benzene rings is 2. The standard InChI is InChI=1S/C13H10/c1-3-7-12-10(5-1)9-11-6-2-4-8-13(11)12/h1-8H,9H2/i3D,9D. The zero-order valence-electron chi connectivity index (χ0n) is 9.12. The van der Waals surface area contributed by atoms with Crippen LogP contribution in [0.5, 0.6) is 0 Å². The van der Waals surface area contributed by atoms with E-state index in [0.717, 1.165) is 22.3 Å². The molecule has 0 spiro atoms. The fraction of sp³-hybridized carbons (Fsp3) is 0.0769. The van der Waals surface area contributed by atoms with Crippen molar-refractivity contribution in [3.8, 4) is 11.1 Å². The minimum atomic E-state index is -0.281. The molecule has 1 atom stereocenters. The van der Waals surface area contributed by atoms with Crippen LogP contribution in [0, 0.1) is 0 Å². The summed E-state index contributed by atoms with van der Waals surface area (Å²) in [6, 6.07) is 14.0. The molecular weight excluding hydrogens is 156 g/mol. The fourth-order valence-electron chi connectivity index (χ4n) is 1.84. The molecular formula is C13H10. The van der Waals surface area contributed by atoms with Gasteiger partial charge >= 0.3 is 0 Å². The van der Waals surface area contributed by atoms with Gasteiger partial charge < -0.3 is 0 Å². The van der Waals surface area contributed by atoms with Crippen molar-refractivity contribution in [1.29, 1.82) is 0 Å². The topological polar surface area (TPSA) is 0 Å². The van der Waals surface area contributed by atoms with Crippen LogP contribution in [0.3, 0.4) is 0 Å². The monoisotopic (exact) mass is 168 g/mol. The van der Waals surface area contributed by atoms with E-state index in [9.17, 15) is 0 Å². The highest BCUT2D eigenvalue weighted by molar-refractivity contribution is 5.76. The van der Waals surface area contributed by atoms with E-state index in [4.69, 9.17) is 2.74 Å². The van der Waals surface area contributed by atoms with Crippen LogP contribution in [0.2, 0.25) is 0 Å². The summed E-state index contributed by atoms with van der Waals surface area (Å²) in [5, 5.41) is 0. The average molecular weight is 168 g/mol. The summed E-state index contributed by atoms with van der Waals surface area (Å²) in [5.41, 5.74) is 4.24. The fourth-order valence-corrected chi connectivity index (χ4v) is 1.84. The van der Waals surface area contributed by atoms with Gasteiger partial charge in [-0.2, -0.15) is 0 Å². The van der Waals surface area contributed by atoms with Gasteiger partial charge in [0.25, 0.3) is 0 Å². The van der Waals surface area contributed by atoms with Crippen LogP contribution in [0.4, 0.5) is 0 Å². The van der Waals surface area contributed by atoms with Crippen LogP contribution in [0.1, 0.15) is 13.9 Å². The van der Waals surface area contributed by atoms with Gasteiger partial charge in [0.05, 0.1) is 1.37 Å². The van der Waals surface area contributed by atoms with Crippen molar-refractivity contribution in [2.75, 3.05) is 0 Å². The van der Waals surface area contributed by atoms with Gasteiger partial charge in [0, 0.05) is 1.37 Å². The minimum absolute atomic E-state index is 0.281. The zero-order chi connectivity index (χ0) is 10.4. The molecule has 0 bridgehead atoms. The first-order valence-electron chi connectivity index (χ1n) is 5.47. The van der Waals surface area contributed by atoms with Gasteiger partial charge in [-0.05, 0) is 28.7 Å². The summed E-state index contributed by atoms with van der Waals surface area (Å²) in [7, 11) is 0. The number of hydrogen-bond acceptors (Lipinski definition) is 0. The molecule has 0 amide bonds. The molecule has 0 heteroatoms. The first-order valence-corrected chi connectivity index (χ1v) is 4.39. The molecule has 2 aromatic rings. The van der Waals surface area contributed by atoms with Crippen LogP contribution in [-0.2, 0) is 6.40 Å². The Balaban J connectivity index is 2.34. The SMILES string of the molecule is [2H]c1ccc2c(c1)-c1ccccc1C2[2H]. The lowest BCUT2D eigenvalue weighted by Gasteiger charge is -1.98. The second-order valence-electron chi connectivity index (χ2n) is 3.24. The Bertz CT molecular complexity index is 532. The first-order chi connectivity index (χ1) is 7.27. The van der Waals surface area contributed by atoms with Crippen molar-refractivity contribution in [2.24, 2.45) is 0 Å². The summed E-state index contributed by atoms with van der Waals surface area (Å²) in [6.07, 6.45) is -0.281. The molecule has 0 radical (unpaired) electrons. The lowest BCUT2D eigenvalue weighted by Crippen LogP contribution is -1.77. The van der Waals surface area contributed by atoms with Crippen LogP contribution in [0.25, 0.3) is 11.1 Å². The Labute approximate surface area is 80.7 Å². The average Bonchev–Trinajstić information content (AvgIpc) is 2.54. The van der Waals surface area contributed by atoms with Crippen LogP contribution >= 0.6 is 0 Å². The predicted octanol–water partition coefficient (Wildman–Crippen LogP) is 3.26. The van der Waals surface area contributed by atoms with Crippen LogP contribution < -0.4 is 0 Å². The summed E-state index contributed by atoms with van der Waals surface area (Å²) in [5.74, 6) is 0. The number of hydrogen-bond donors (Lipinski definition) is 0. The van der Waals surface area contributed by atoms with E-state index >= 15 is 0 Å². The maximum atomic E-state index is 8.10. The van der Waals surface area contributed by atoms with Crippen LogP contribution in [0.15, 0.2) is 48.5 Å². The maximum absolute atomic E-state index is 8.10. The van der Waals surface area contributed by atoms with Crippen molar-refractivity contribution >= 4 is 0 Å². The van der Waals surface area contributed by atoms with E-state index < -0.39 is 0 Å². The minimum Gasteiger partial charge on any atom is -0.0619 e. The molecule has 0 nitrogen and oxygen atoms in total. The van der Waals surface area contributed by atoms with Gasteiger partial charge in [-0.3, -0.25) is 0 Å². The lowest BCUT2D eigenvalue weighted by molar-refractivity contribution is 1.26. The molecule has 0 aromatic heterocycles. The Hall–Kier alpha value is -1.56. The third-order valence-electron chi connectivity index (χ3n) is 2.46. The van der Waals surface area contributed by atoms with Crippen molar-refractivity contribution in [3.63, 3.8) is 0 Å². The van der Waals surface area contributed by atoms with Crippen LogP contribution in [-0.4, -0.2) is 0 Å². The van der Waals surface area contributed by atoms with E-state index in [-0.39, 0.29) is 6.40 Å². The Kier molecular flexibility index (Phi) is 0.990. The van der Waals surface area contributed by atoms with E-state index in [1.807, 2.05) is 36.4 Å². The first kappa shape index (κ1) is 5.23.